The van der Waals surface area contributed by atoms with Gasteiger partial charge in [0.05, 0.1) is 17.1 Å². The number of hydrogen-bond acceptors (Lipinski definition) is 2. The first-order valence-corrected chi connectivity index (χ1v) is 4.25. The third-order valence-corrected chi connectivity index (χ3v) is 1.49. The van der Waals surface area contributed by atoms with E-state index in [2.05, 4.69) is 4.72 Å². The van der Waals surface area contributed by atoms with Gasteiger partial charge in [0.15, 0.2) is 0 Å². The van der Waals surface area contributed by atoms with E-state index in [0.717, 1.165) is 0 Å². The molecule has 0 bridgehead atoms. The number of rotatable bonds is 3. The highest BCUT2D eigenvalue weighted by Gasteiger charge is 2.02. The molecule has 0 aromatic carbocycles. The van der Waals surface area contributed by atoms with Crippen LogP contribution in [0, 0.1) is 11.3 Å². The molecule has 0 spiro atoms. The van der Waals surface area contributed by atoms with Crippen molar-refractivity contribution in [1.29, 1.82) is 5.26 Å². The second-order valence-electron chi connectivity index (χ2n) is 1.66. The van der Waals surface area contributed by atoms with Crippen molar-refractivity contribution in [3.05, 3.63) is 0 Å². The van der Waals surface area contributed by atoms with Gasteiger partial charge in [-0.05, 0) is 6.42 Å². The third-order valence-electron chi connectivity index (χ3n) is 0.872. The fourth-order valence-electron chi connectivity index (χ4n) is 0.401. The Balaban J connectivity index is 3.60. The standard InChI is InChI=1S/C5H10N2OS/c1-3-5(4-6)7-9(2)8/h5,7H,3H2,1-2H3. The van der Waals surface area contributed by atoms with Crippen LogP contribution in [0.1, 0.15) is 13.3 Å². The van der Waals surface area contributed by atoms with Gasteiger partial charge in [-0.15, -0.1) is 0 Å². The van der Waals surface area contributed by atoms with E-state index in [9.17, 15) is 4.21 Å². The molecule has 4 heteroatoms. The second-order valence-corrected chi connectivity index (χ2v) is 2.81. The van der Waals surface area contributed by atoms with Gasteiger partial charge in [-0.1, -0.05) is 6.92 Å². The van der Waals surface area contributed by atoms with Crippen molar-refractivity contribution in [1.82, 2.24) is 4.72 Å². The third kappa shape index (κ3) is 4.13. The lowest BCUT2D eigenvalue weighted by Crippen LogP contribution is -2.27. The summed E-state index contributed by atoms with van der Waals surface area (Å²) in [7, 11) is -1.07. The largest absolute Gasteiger partial charge is 0.243 e. The van der Waals surface area contributed by atoms with Gasteiger partial charge in [0, 0.05) is 6.26 Å². The zero-order chi connectivity index (χ0) is 7.28. The molecule has 0 fully saturated rings. The number of nitriles is 1. The molecule has 0 heterocycles. The molecule has 0 saturated carbocycles. The molecule has 2 atom stereocenters. The van der Waals surface area contributed by atoms with Crippen LogP contribution in [0.2, 0.25) is 0 Å². The highest BCUT2D eigenvalue weighted by molar-refractivity contribution is 7.82. The molecule has 0 rings (SSSR count). The Morgan fingerprint density at radius 3 is 2.56 bits per heavy atom. The molecular weight excluding hydrogens is 136 g/mol. The summed E-state index contributed by atoms with van der Waals surface area (Å²) in [5.41, 5.74) is 0. The van der Waals surface area contributed by atoms with Crippen LogP contribution in [0.25, 0.3) is 0 Å². The lowest BCUT2D eigenvalue weighted by molar-refractivity contribution is 0.657. The normalized spacial score (nSPS) is 16.1. The maximum absolute atomic E-state index is 10.4. The van der Waals surface area contributed by atoms with Crippen molar-refractivity contribution in [2.45, 2.75) is 19.4 Å². The van der Waals surface area contributed by atoms with Crippen molar-refractivity contribution in [3.8, 4) is 6.07 Å². The molecule has 0 aromatic rings. The zero-order valence-corrected chi connectivity index (χ0v) is 6.36. The molecule has 0 aromatic heterocycles. The average molecular weight is 146 g/mol. The van der Waals surface area contributed by atoms with Crippen LogP contribution >= 0.6 is 0 Å². The van der Waals surface area contributed by atoms with Gasteiger partial charge in [-0.25, -0.2) is 8.93 Å². The number of nitrogens with one attached hydrogen (secondary N) is 1. The van der Waals surface area contributed by atoms with E-state index in [1.54, 1.807) is 0 Å². The maximum Gasteiger partial charge on any atom is 0.106 e. The van der Waals surface area contributed by atoms with E-state index in [1.165, 1.54) is 6.26 Å². The predicted molar refractivity (Wildman–Crippen MR) is 36.9 cm³/mol. The van der Waals surface area contributed by atoms with Crippen molar-refractivity contribution < 1.29 is 4.21 Å². The molecule has 2 unspecified atom stereocenters. The molecule has 0 amide bonds. The monoisotopic (exact) mass is 146 g/mol. The summed E-state index contributed by atoms with van der Waals surface area (Å²) in [5, 5.41) is 8.33. The van der Waals surface area contributed by atoms with Crippen LogP contribution in [0.15, 0.2) is 0 Å². The van der Waals surface area contributed by atoms with E-state index in [1.807, 2.05) is 13.0 Å². The van der Waals surface area contributed by atoms with Gasteiger partial charge in [0.1, 0.15) is 6.04 Å². The molecule has 3 nitrogen and oxygen atoms in total. The molecule has 0 aliphatic heterocycles. The van der Waals surface area contributed by atoms with Crippen molar-refractivity contribution in [2.24, 2.45) is 0 Å². The average Bonchev–Trinajstić information content (AvgIpc) is 1.82. The van der Waals surface area contributed by atoms with Crippen LogP contribution < -0.4 is 4.72 Å². The molecule has 0 aliphatic rings. The quantitative estimate of drug-likeness (QED) is 0.617. The van der Waals surface area contributed by atoms with Crippen molar-refractivity contribution in [2.75, 3.05) is 6.26 Å². The van der Waals surface area contributed by atoms with Gasteiger partial charge < -0.3 is 0 Å². The minimum atomic E-state index is -1.07. The summed E-state index contributed by atoms with van der Waals surface area (Å²) in [4.78, 5) is 0. The Hall–Kier alpha value is -0.400. The minimum absolute atomic E-state index is 0.268. The van der Waals surface area contributed by atoms with Crippen LogP contribution in [0.4, 0.5) is 0 Å². The lowest BCUT2D eigenvalue weighted by Gasteiger charge is -2.02. The first kappa shape index (κ1) is 8.60. The molecule has 0 saturated heterocycles. The van der Waals surface area contributed by atoms with E-state index in [0.29, 0.717) is 6.42 Å². The van der Waals surface area contributed by atoms with Crippen LogP contribution in [-0.2, 0) is 11.0 Å². The van der Waals surface area contributed by atoms with E-state index < -0.39 is 11.0 Å². The Labute approximate surface area is 57.7 Å². The van der Waals surface area contributed by atoms with E-state index in [4.69, 9.17) is 5.26 Å². The van der Waals surface area contributed by atoms with E-state index in [-0.39, 0.29) is 6.04 Å². The number of hydrogen-bond donors (Lipinski definition) is 1. The molecule has 0 radical (unpaired) electrons. The molecule has 0 aliphatic carbocycles. The topological polar surface area (TPSA) is 52.9 Å². The smallest absolute Gasteiger partial charge is 0.106 e. The maximum atomic E-state index is 10.4. The lowest BCUT2D eigenvalue weighted by atomic mass is 10.3. The van der Waals surface area contributed by atoms with Crippen LogP contribution in [0.5, 0.6) is 0 Å². The summed E-state index contributed by atoms with van der Waals surface area (Å²) in [5.74, 6) is 0. The highest BCUT2D eigenvalue weighted by Crippen LogP contribution is 1.86. The second kappa shape index (κ2) is 4.48. The van der Waals surface area contributed by atoms with Gasteiger partial charge >= 0.3 is 0 Å². The summed E-state index contributed by atoms with van der Waals surface area (Å²) in [6, 6.07) is 1.71. The van der Waals surface area contributed by atoms with Gasteiger partial charge in [0.2, 0.25) is 0 Å². The fourth-order valence-corrected chi connectivity index (χ4v) is 1.02. The SMILES string of the molecule is CCC(C#N)NS(C)=O. The minimum Gasteiger partial charge on any atom is -0.243 e. The van der Waals surface area contributed by atoms with Crippen LogP contribution in [-0.4, -0.2) is 16.5 Å². The first-order chi connectivity index (χ1) is 4.20. The Bertz CT molecular complexity index is 140. The fraction of sp³-hybridized carbons (Fsp3) is 0.800. The summed E-state index contributed by atoms with van der Waals surface area (Å²) in [6.45, 7) is 1.87. The Morgan fingerprint density at radius 1 is 1.89 bits per heavy atom. The van der Waals surface area contributed by atoms with Crippen LogP contribution in [0.3, 0.4) is 0 Å². The molecular formula is C5H10N2OS. The first-order valence-electron chi connectivity index (χ1n) is 2.70. The van der Waals surface area contributed by atoms with Crippen molar-refractivity contribution >= 4 is 11.0 Å². The van der Waals surface area contributed by atoms with Gasteiger partial charge in [0.25, 0.3) is 0 Å². The molecule has 52 valence electrons. The number of nitrogens with zero attached hydrogens (tertiary/aromatic N) is 1. The molecule has 1 N–H and O–H groups in total. The van der Waals surface area contributed by atoms with Gasteiger partial charge in [-0.2, -0.15) is 5.26 Å². The van der Waals surface area contributed by atoms with Gasteiger partial charge in [-0.3, -0.25) is 0 Å². The van der Waals surface area contributed by atoms with Crippen molar-refractivity contribution in [3.63, 3.8) is 0 Å². The summed E-state index contributed by atoms with van der Waals surface area (Å²) >= 11 is 0. The zero-order valence-electron chi connectivity index (χ0n) is 5.55. The molecule has 9 heavy (non-hydrogen) atoms. The van der Waals surface area contributed by atoms with E-state index >= 15 is 0 Å². The summed E-state index contributed by atoms with van der Waals surface area (Å²) in [6.07, 6.45) is 2.20. The highest BCUT2D eigenvalue weighted by atomic mass is 32.2. The predicted octanol–water partition coefficient (Wildman–Crippen LogP) is 0.172. The summed E-state index contributed by atoms with van der Waals surface area (Å²) < 4.78 is 13.0. The Kier molecular flexibility index (Phi) is 4.28. The Morgan fingerprint density at radius 2 is 2.44 bits per heavy atom.